The molecule has 2 rings (SSSR count). The zero-order valence-electron chi connectivity index (χ0n) is 9.14. The molecule has 0 atom stereocenters. The van der Waals surface area contributed by atoms with E-state index in [2.05, 4.69) is 23.0 Å². The number of rotatable bonds is 3. The average molecular weight is 201 g/mol. The fourth-order valence-corrected chi connectivity index (χ4v) is 1.55. The Morgan fingerprint density at radius 1 is 1.27 bits per heavy atom. The maximum atomic E-state index is 4.40. The van der Waals surface area contributed by atoms with Crippen LogP contribution in [-0.2, 0) is 6.42 Å². The fraction of sp³-hybridized carbons (Fsp3) is 0.333. The van der Waals surface area contributed by atoms with Gasteiger partial charge >= 0.3 is 0 Å². The van der Waals surface area contributed by atoms with Gasteiger partial charge < -0.3 is 0 Å². The molecule has 0 fully saturated rings. The van der Waals surface area contributed by atoms with Gasteiger partial charge in [-0.25, -0.2) is 9.97 Å². The molecular weight excluding hydrogens is 186 g/mol. The number of imidazole rings is 1. The van der Waals surface area contributed by atoms with Crippen LogP contribution in [0.15, 0.2) is 30.9 Å². The van der Waals surface area contributed by atoms with Crippen molar-refractivity contribution in [3.05, 3.63) is 42.1 Å². The van der Waals surface area contributed by atoms with Gasteiger partial charge in [0.15, 0.2) is 0 Å². The zero-order valence-corrected chi connectivity index (χ0v) is 9.14. The highest BCUT2D eigenvalue weighted by Gasteiger charge is 1.98. The van der Waals surface area contributed by atoms with Crippen LogP contribution in [0.1, 0.15) is 24.6 Å². The Kier molecular flexibility index (Phi) is 2.81. The van der Waals surface area contributed by atoms with E-state index in [0.717, 1.165) is 24.4 Å². The molecule has 2 aromatic heterocycles. The van der Waals surface area contributed by atoms with E-state index in [9.17, 15) is 0 Å². The molecule has 0 amide bonds. The SMILES string of the molecule is CCCc1ccc(-n2cnc(C)c2)nc1. The summed E-state index contributed by atoms with van der Waals surface area (Å²) in [5.74, 6) is 0.926. The molecule has 2 aromatic rings. The van der Waals surface area contributed by atoms with Gasteiger partial charge in [0.25, 0.3) is 0 Å². The lowest BCUT2D eigenvalue weighted by Gasteiger charge is -2.02. The Morgan fingerprint density at radius 3 is 2.67 bits per heavy atom. The van der Waals surface area contributed by atoms with Crippen LogP contribution in [0, 0.1) is 6.92 Å². The molecule has 0 N–H and O–H groups in total. The van der Waals surface area contributed by atoms with Crippen molar-refractivity contribution < 1.29 is 0 Å². The minimum Gasteiger partial charge on any atom is -0.290 e. The topological polar surface area (TPSA) is 30.7 Å². The smallest absolute Gasteiger partial charge is 0.137 e. The van der Waals surface area contributed by atoms with Crippen LogP contribution in [0.3, 0.4) is 0 Å². The number of aryl methyl sites for hydroxylation is 2. The molecular formula is C12H15N3. The van der Waals surface area contributed by atoms with E-state index in [1.807, 2.05) is 30.0 Å². The van der Waals surface area contributed by atoms with E-state index in [0.29, 0.717) is 0 Å². The molecule has 3 nitrogen and oxygen atoms in total. The molecule has 15 heavy (non-hydrogen) atoms. The average Bonchev–Trinajstić information content (AvgIpc) is 2.67. The molecule has 0 bridgehead atoms. The van der Waals surface area contributed by atoms with Gasteiger partial charge in [0.1, 0.15) is 12.1 Å². The molecule has 2 heterocycles. The lowest BCUT2D eigenvalue weighted by atomic mass is 10.2. The Bertz CT molecular complexity index is 428. The van der Waals surface area contributed by atoms with E-state index in [1.165, 1.54) is 5.56 Å². The Labute approximate surface area is 89.8 Å². The van der Waals surface area contributed by atoms with Gasteiger partial charge in [-0.15, -0.1) is 0 Å². The van der Waals surface area contributed by atoms with E-state index >= 15 is 0 Å². The van der Waals surface area contributed by atoms with Crippen molar-refractivity contribution >= 4 is 0 Å². The van der Waals surface area contributed by atoms with Gasteiger partial charge in [-0.2, -0.15) is 0 Å². The quantitative estimate of drug-likeness (QED) is 0.764. The molecule has 0 spiro atoms. The summed E-state index contributed by atoms with van der Waals surface area (Å²) in [5.41, 5.74) is 2.30. The standard InChI is InChI=1S/C12H15N3/c1-3-4-11-5-6-12(13-7-11)15-8-10(2)14-9-15/h5-9H,3-4H2,1-2H3. The molecule has 0 radical (unpaired) electrons. The Hall–Kier alpha value is -1.64. The molecule has 3 heteroatoms. The number of pyridine rings is 1. The molecule has 78 valence electrons. The molecule has 0 aliphatic rings. The lowest BCUT2D eigenvalue weighted by molar-refractivity contribution is 0.903. The first-order valence-corrected chi connectivity index (χ1v) is 5.25. The van der Waals surface area contributed by atoms with E-state index in [1.54, 1.807) is 6.33 Å². The number of hydrogen-bond acceptors (Lipinski definition) is 2. The van der Waals surface area contributed by atoms with Crippen LogP contribution < -0.4 is 0 Å². The highest BCUT2D eigenvalue weighted by molar-refractivity contribution is 5.26. The largest absolute Gasteiger partial charge is 0.290 e. The van der Waals surface area contributed by atoms with Crippen molar-refractivity contribution in [1.82, 2.24) is 14.5 Å². The van der Waals surface area contributed by atoms with Crippen LogP contribution in [0.4, 0.5) is 0 Å². The third kappa shape index (κ3) is 2.24. The van der Waals surface area contributed by atoms with Gasteiger partial charge in [-0.05, 0) is 25.0 Å². The van der Waals surface area contributed by atoms with E-state index in [-0.39, 0.29) is 0 Å². The number of nitrogens with zero attached hydrogens (tertiary/aromatic N) is 3. The predicted molar refractivity (Wildman–Crippen MR) is 60.1 cm³/mol. The second kappa shape index (κ2) is 4.26. The lowest BCUT2D eigenvalue weighted by Crippen LogP contribution is -1.95. The molecule has 0 saturated carbocycles. The molecule has 0 aliphatic heterocycles. The van der Waals surface area contributed by atoms with Crippen LogP contribution in [0.25, 0.3) is 5.82 Å². The van der Waals surface area contributed by atoms with Crippen molar-refractivity contribution in [2.75, 3.05) is 0 Å². The summed E-state index contributed by atoms with van der Waals surface area (Å²) >= 11 is 0. The van der Waals surface area contributed by atoms with Crippen LogP contribution in [-0.4, -0.2) is 14.5 Å². The van der Waals surface area contributed by atoms with Crippen molar-refractivity contribution in [3.63, 3.8) is 0 Å². The van der Waals surface area contributed by atoms with Crippen molar-refractivity contribution in [3.8, 4) is 5.82 Å². The van der Waals surface area contributed by atoms with E-state index < -0.39 is 0 Å². The summed E-state index contributed by atoms with van der Waals surface area (Å²) in [6.07, 6.45) is 7.95. The van der Waals surface area contributed by atoms with Crippen molar-refractivity contribution in [1.29, 1.82) is 0 Å². The predicted octanol–water partition coefficient (Wildman–Crippen LogP) is 2.53. The summed E-state index contributed by atoms with van der Waals surface area (Å²) in [6, 6.07) is 4.16. The second-order valence-corrected chi connectivity index (χ2v) is 3.70. The van der Waals surface area contributed by atoms with Gasteiger partial charge in [0.2, 0.25) is 0 Å². The highest BCUT2D eigenvalue weighted by Crippen LogP contribution is 2.08. The summed E-state index contributed by atoms with van der Waals surface area (Å²) in [5, 5.41) is 0. The van der Waals surface area contributed by atoms with Crippen molar-refractivity contribution in [2.24, 2.45) is 0 Å². The van der Waals surface area contributed by atoms with Gasteiger partial charge in [-0.1, -0.05) is 19.4 Å². The highest BCUT2D eigenvalue weighted by atomic mass is 15.1. The van der Waals surface area contributed by atoms with Crippen LogP contribution >= 0.6 is 0 Å². The van der Waals surface area contributed by atoms with E-state index in [4.69, 9.17) is 0 Å². The number of aromatic nitrogens is 3. The van der Waals surface area contributed by atoms with Gasteiger partial charge in [0, 0.05) is 12.4 Å². The van der Waals surface area contributed by atoms with Crippen LogP contribution in [0.2, 0.25) is 0 Å². The minimum atomic E-state index is 0.926. The maximum Gasteiger partial charge on any atom is 0.137 e. The fourth-order valence-electron chi connectivity index (χ4n) is 1.55. The first kappa shape index (κ1) is 9.90. The second-order valence-electron chi connectivity index (χ2n) is 3.70. The summed E-state index contributed by atoms with van der Waals surface area (Å²) < 4.78 is 1.94. The first-order valence-electron chi connectivity index (χ1n) is 5.25. The minimum absolute atomic E-state index is 0.926. The summed E-state index contributed by atoms with van der Waals surface area (Å²) in [4.78, 5) is 8.58. The Balaban J connectivity index is 2.23. The maximum absolute atomic E-state index is 4.40. The number of hydrogen-bond donors (Lipinski definition) is 0. The molecule has 0 aliphatic carbocycles. The normalized spacial score (nSPS) is 10.5. The summed E-state index contributed by atoms with van der Waals surface area (Å²) in [7, 11) is 0. The zero-order chi connectivity index (χ0) is 10.7. The summed E-state index contributed by atoms with van der Waals surface area (Å²) in [6.45, 7) is 4.15. The molecule has 0 aromatic carbocycles. The first-order chi connectivity index (χ1) is 7.29. The van der Waals surface area contributed by atoms with Gasteiger partial charge in [-0.3, -0.25) is 4.57 Å². The third-order valence-electron chi connectivity index (χ3n) is 2.32. The monoisotopic (exact) mass is 201 g/mol. The molecule has 0 unspecified atom stereocenters. The third-order valence-corrected chi connectivity index (χ3v) is 2.32. The van der Waals surface area contributed by atoms with Crippen LogP contribution in [0.5, 0.6) is 0 Å². The Morgan fingerprint density at radius 2 is 2.13 bits per heavy atom. The van der Waals surface area contributed by atoms with Crippen molar-refractivity contribution in [2.45, 2.75) is 26.7 Å². The van der Waals surface area contributed by atoms with Gasteiger partial charge in [0.05, 0.1) is 5.69 Å². The molecule has 0 saturated heterocycles.